The quantitative estimate of drug-likeness (QED) is 0.735. The summed E-state index contributed by atoms with van der Waals surface area (Å²) in [7, 11) is 0. The number of nitrogens with one attached hydrogen (secondary N) is 2. The first-order chi connectivity index (χ1) is 11.5. The minimum absolute atomic E-state index is 0.0270. The maximum atomic E-state index is 12.5. The number of amides is 1. The molecule has 2 rings (SSSR count). The molecule has 0 bridgehead atoms. The van der Waals surface area contributed by atoms with Gasteiger partial charge in [-0.25, -0.2) is 0 Å². The Bertz CT molecular complexity index is 720. The monoisotopic (exact) mass is 406 g/mol. The Morgan fingerprint density at radius 3 is 2.58 bits per heavy atom. The van der Waals surface area contributed by atoms with Crippen molar-refractivity contribution in [2.45, 2.75) is 26.5 Å². The molecule has 0 unspecified atom stereocenters. The summed E-state index contributed by atoms with van der Waals surface area (Å²) < 4.78 is 6.49. The third-order valence-corrected chi connectivity index (χ3v) is 3.81. The van der Waals surface area contributed by atoms with Crippen LogP contribution in [-0.4, -0.2) is 17.1 Å². The van der Waals surface area contributed by atoms with Crippen molar-refractivity contribution in [3.63, 3.8) is 0 Å². The summed E-state index contributed by atoms with van der Waals surface area (Å²) in [5.74, 6) is 0.217. The fraction of sp³-hybridized carbons (Fsp3) is 0.222. The molecule has 0 aliphatic rings. The highest BCUT2D eigenvalue weighted by molar-refractivity contribution is 9.10. The second kappa shape index (κ2) is 8.80. The van der Waals surface area contributed by atoms with E-state index in [4.69, 9.17) is 17.0 Å². The van der Waals surface area contributed by atoms with E-state index in [0.717, 1.165) is 10.0 Å². The number of hydrogen-bond acceptors (Lipinski definition) is 3. The van der Waals surface area contributed by atoms with Crippen LogP contribution in [0, 0.1) is 0 Å². The molecule has 24 heavy (non-hydrogen) atoms. The van der Waals surface area contributed by atoms with E-state index in [1.54, 1.807) is 12.1 Å². The molecule has 0 saturated carbocycles. The van der Waals surface area contributed by atoms with E-state index in [0.29, 0.717) is 17.9 Å². The largest absolute Gasteiger partial charge is 0.490 e. The van der Waals surface area contributed by atoms with Crippen molar-refractivity contribution >= 4 is 39.2 Å². The Kier molecular flexibility index (Phi) is 6.75. The number of halogens is 1. The van der Waals surface area contributed by atoms with Crippen LogP contribution in [0.5, 0.6) is 5.75 Å². The number of thiocarbonyl (C=S) groups is 1. The van der Waals surface area contributed by atoms with Gasteiger partial charge in [-0.1, -0.05) is 46.3 Å². The van der Waals surface area contributed by atoms with Crippen LogP contribution in [-0.2, 0) is 6.54 Å². The second-order valence-corrected chi connectivity index (χ2v) is 6.75. The average Bonchev–Trinajstić information content (AvgIpc) is 2.55. The lowest BCUT2D eigenvalue weighted by molar-refractivity contribution is 0.0971. The molecule has 0 aromatic heterocycles. The second-order valence-electron chi connectivity index (χ2n) is 5.43. The molecule has 0 spiro atoms. The highest BCUT2D eigenvalue weighted by atomic mass is 79.9. The zero-order chi connectivity index (χ0) is 17.5. The van der Waals surface area contributed by atoms with Crippen LogP contribution >= 0.6 is 28.1 Å². The van der Waals surface area contributed by atoms with Crippen molar-refractivity contribution in [3.8, 4) is 5.75 Å². The first kappa shape index (κ1) is 18.4. The van der Waals surface area contributed by atoms with Gasteiger partial charge in [0.2, 0.25) is 0 Å². The SMILES string of the molecule is CC(C)Oc1ccc(Br)cc1C(=O)NC(=S)NCc1ccccc1. The molecule has 0 aliphatic carbocycles. The van der Waals surface area contributed by atoms with Gasteiger partial charge < -0.3 is 10.1 Å². The summed E-state index contributed by atoms with van der Waals surface area (Å²) in [6.45, 7) is 4.37. The van der Waals surface area contributed by atoms with Gasteiger partial charge in [0.1, 0.15) is 5.75 Å². The molecular weight excluding hydrogens is 388 g/mol. The molecule has 6 heteroatoms. The molecule has 126 valence electrons. The predicted octanol–water partition coefficient (Wildman–Crippen LogP) is 4.04. The fourth-order valence-corrected chi connectivity index (χ4v) is 2.56. The average molecular weight is 407 g/mol. The molecule has 0 atom stereocenters. The van der Waals surface area contributed by atoms with Gasteiger partial charge in [0, 0.05) is 11.0 Å². The summed E-state index contributed by atoms with van der Waals surface area (Å²) in [6.07, 6.45) is -0.0270. The van der Waals surface area contributed by atoms with Gasteiger partial charge in [-0.2, -0.15) is 0 Å². The smallest absolute Gasteiger partial charge is 0.261 e. The van der Waals surface area contributed by atoms with E-state index in [9.17, 15) is 4.79 Å². The Morgan fingerprint density at radius 1 is 1.21 bits per heavy atom. The van der Waals surface area contributed by atoms with Gasteiger partial charge in [-0.3, -0.25) is 10.1 Å². The van der Waals surface area contributed by atoms with Gasteiger partial charge in [0.25, 0.3) is 5.91 Å². The van der Waals surface area contributed by atoms with Crippen molar-refractivity contribution in [1.82, 2.24) is 10.6 Å². The van der Waals surface area contributed by atoms with Crippen LogP contribution in [0.1, 0.15) is 29.8 Å². The molecule has 1 amide bonds. The zero-order valence-electron chi connectivity index (χ0n) is 13.5. The van der Waals surface area contributed by atoms with Gasteiger partial charge in [-0.05, 0) is 49.8 Å². The van der Waals surface area contributed by atoms with E-state index in [1.165, 1.54) is 0 Å². The lowest BCUT2D eigenvalue weighted by Gasteiger charge is -2.15. The number of carbonyl (C=O) groups is 1. The van der Waals surface area contributed by atoms with Crippen LogP contribution in [0.4, 0.5) is 0 Å². The third-order valence-electron chi connectivity index (χ3n) is 3.07. The molecule has 0 heterocycles. The van der Waals surface area contributed by atoms with Crippen molar-refractivity contribution in [1.29, 1.82) is 0 Å². The van der Waals surface area contributed by atoms with Crippen molar-refractivity contribution < 1.29 is 9.53 Å². The van der Waals surface area contributed by atoms with Gasteiger partial charge in [0.15, 0.2) is 5.11 Å². The van der Waals surface area contributed by atoms with E-state index < -0.39 is 0 Å². The zero-order valence-corrected chi connectivity index (χ0v) is 15.9. The van der Waals surface area contributed by atoms with Gasteiger partial charge in [-0.15, -0.1) is 0 Å². The summed E-state index contributed by atoms with van der Waals surface area (Å²) >= 11 is 8.57. The lowest BCUT2D eigenvalue weighted by atomic mass is 10.2. The number of hydrogen-bond donors (Lipinski definition) is 2. The number of ether oxygens (including phenoxy) is 1. The summed E-state index contributed by atoms with van der Waals surface area (Å²) in [5, 5.41) is 5.99. The molecule has 0 fully saturated rings. The molecule has 2 N–H and O–H groups in total. The van der Waals surface area contributed by atoms with Crippen LogP contribution < -0.4 is 15.4 Å². The molecule has 0 saturated heterocycles. The standard InChI is InChI=1S/C18H19BrN2O2S/c1-12(2)23-16-9-8-14(19)10-15(16)17(22)21-18(24)20-11-13-6-4-3-5-7-13/h3-10,12H,11H2,1-2H3,(H2,20,21,22,24). The number of benzene rings is 2. The maximum absolute atomic E-state index is 12.5. The fourth-order valence-electron chi connectivity index (χ4n) is 2.03. The minimum Gasteiger partial charge on any atom is -0.490 e. The van der Waals surface area contributed by atoms with E-state index in [2.05, 4.69) is 26.6 Å². The topological polar surface area (TPSA) is 50.4 Å². The number of rotatable bonds is 5. The minimum atomic E-state index is -0.308. The molecule has 4 nitrogen and oxygen atoms in total. The summed E-state index contributed by atoms with van der Waals surface area (Å²) in [4.78, 5) is 12.5. The Labute approximate surface area is 155 Å². The highest BCUT2D eigenvalue weighted by Crippen LogP contribution is 2.24. The van der Waals surface area contributed by atoms with Crippen LogP contribution in [0.2, 0.25) is 0 Å². The maximum Gasteiger partial charge on any atom is 0.261 e. The van der Waals surface area contributed by atoms with E-state index in [-0.39, 0.29) is 17.1 Å². The van der Waals surface area contributed by atoms with Crippen LogP contribution in [0.3, 0.4) is 0 Å². The van der Waals surface area contributed by atoms with E-state index in [1.807, 2.05) is 50.2 Å². The molecule has 0 radical (unpaired) electrons. The van der Waals surface area contributed by atoms with Crippen LogP contribution in [0.15, 0.2) is 53.0 Å². The van der Waals surface area contributed by atoms with Crippen molar-refractivity contribution in [3.05, 3.63) is 64.1 Å². The Hall–Kier alpha value is -1.92. The normalized spacial score (nSPS) is 10.3. The van der Waals surface area contributed by atoms with E-state index >= 15 is 0 Å². The Morgan fingerprint density at radius 2 is 1.92 bits per heavy atom. The molecule has 0 aliphatic heterocycles. The number of carbonyl (C=O) groups excluding carboxylic acids is 1. The van der Waals surface area contributed by atoms with Crippen molar-refractivity contribution in [2.75, 3.05) is 0 Å². The summed E-state index contributed by atoms with van der Waals surface area (Å²) in [6, 6.07) is 15.1. The molecular formula is C18H19BrN2O2S. The highest BCUT2D eigenvalue weighted by Gasteiger charge is 2.15. The predicted molar refractivity (Wildman–Crippen MR) is 103 cm³/mol. The first-order valence-corrected chi connectivity index (χ1v) is 8.75. The molecule has 2 aromatic rings. The van der Waals surface area contributed by atoms with Gasteiger partial charge >= 0.3 is 0 Å². The summed E-state index contributed by atoms with van der Waals surface area (Å²) in [5.41, 5.74) is 1.52. The third kappa shape index (κ3) is 5.62. The van der Waals surface area contributed by atoms with Gasteiger partial charge in [0.05, 0.1) is 11.7 Å². The first-order valence-electron chi connectivity index (χ1n) is 7.55. The Balaban J connectivity index is 2.01. The molecule has 2 aromatic carbocycles. The van der Waals surface area contributed by atoms with Crippen molar-refractivity contribution in [2.24, 2.45) is 0 Å². The van der Waals surface area contributed by atoms with Crippen LogP contribution in [0.25, 0.3) is 0 Å². The lowest BCUT2D eigenvalue weighted by Crippen LogP contribution is -2.39.